The maximum atomic E-state index is 13.1. The zero-order valence-corrected chi connectivity index (χ0v) is 16.6. The highest BCUT2D eigenvalue weighted by molar-refractivity contribution is 6.05. The molecule has 0 spiro atoms. The van der Waals surface area contributed by atoms with E-state index in [9.17, 15) is 4.79 Å². The number of amides is 1. The molecule has 4 heterocycles. The van der Waals surface area contributed by atoms with Crippen molar-refractivity contribution in [2.45, 2.75) is 38.8 Å². The van der Waals surface area contributed by atoms with Gasteiger partial charge in [-0.25, -0.2) is 0 Å². The van der Waals surface area contributed by atoms with E-state index in [1.165, 1.54) is 0 Å². The normalized spacial score (nSPS) is 17.4. The highest BCUT2D eigenvalue weighted by Gasteiger charge is 2.29. The lowest BCUT2D eigenvalue weighted by Gasteiger charge is -2.32. The molecular formula is C19H24ClN7O. The molecule has 1 aromatic carbocycles. The molecule has 2 aromatic heterocycles. The van der Waals surface area contributed by atoms with Crippen molar-refractivity contribution in [2.24, 2.45) is 0 Å². The number of hydrogen-bond donors (Lipinski definition) is 2. The zero-order valence-electron chi connectivity index (χ0n) is 15.8. The maximum Gasteiger partial charge on any atom is 0.256 e. The molecule has 1 saturated heterocycles. The SMILES string of the molecule is Cc1cc(C(=O)N2CCC(c3nnc4n3CCNC4)CC2)c2[nH]ncc2c1.Cl. The molecule has 0 radical (unpaired) electrons. The summed E-state index contributed by atoms with van der Waals surface area (Å²) in [5, 5.41) is 20.2. The Labute approximate surface area is 169 Å². The third-order valence-electron chi connectivity index (χ3n) is 5.72. The van der Waals surface area contributed by atoms with Crippen molar-refractivity contribution >= 4 is 29.2 Å². The summed E-state index contributed by atoms with van der Waals surface area (Å²) in [7, 11) is 0. The number of aromatic nitrogens is 5. The summed E-state index contributed by atoms with van der Waals surface area (Å²) in [4.78, 5) is 15.1. The van der Waals surface area contributed by atoms with Crippen LogP contribution in [0.15, 0.2) is 18.3 Å². The molecule has 0 bridgehead atoms. The molecule has 1 amide bonds. The number of piperidine rings is 1. The molecule has 28 heavy (non-hydrogen) atoms. The number of nitrogens with zero attached hydrogens (tertiary/aromatic N) is 5. The van der Waals surface area contributed by atoms with Crippen LogP contribution in [0.3, 0.4) is 0 Å². The number of fused-ring (bicyclic) bond motifs is 2. The summed E-state index contributed by atoms with van der Waals surface area (Å²) in [6.45, 7) is 6.18. The molecule has 1 fully saturated rings. The number of likely N-dealkylation sites (tertiary alicyclic amines) is 1. The number of carbonyl (C=O) groups excluding carboxylic acids is 1. The molecule has 3 aromatic rings. The van der Waals surface area contributed by atoms with Gasteiger partial charge in [0.05, 0.1) is 23.8 Å². The highest BCUT2D eigenvalue weighted by atomic mass is 35.5. The predicted octanol–water partition coefficient (Wildman–Crippen LogP) is 2.01. The highest BCUT2D eigenvalue weighted by Crippen LogP contribution is 2.29. The summed E-state index contributed by atoms with van der Waals surface area (Å²) in [6.07, 6.45) is 3.62. The van der Waals surface area contributed by atoms with Crippen molar-refractivity contribution in [3.63, 3.8) is 0 Å². The number of rotatable bonds is 2. The lowest BCUT2D eigenvalue weighted by molar-refractivity contribution is 0.0711. The Kier molecular flexibility index (Phi) is 5.07. The molecular weight excluding hydrogens is 378 g/mol. The van der Waals surface area contributed by atoms with Crippen molar-refractivity contribution in [1.29, 1.82) is 0 Å². The van der Waals surface area contributed by atoms with Gasteiger partial charge in [-0.1, -0.05) is 0 Å². The van der Waals surface area contributed by atoms with Crippen molar-refractivity contribution in [3.05, 3.63) is 41.1 Å². The van der Waals surface area contributed by atoms with Gasteiger partial charge in [0, 0.05) is 37.5 Å². The minimum absolute atomic E-state index is 0. The van der Waals surface area contributed by atoms with Crippen LogP contribution in [-0.2, 0) is 13.1 Å². The van der Waals surface area contributed by atoms with Gasteiger partial charge in [-0.2, -0.15) is 5.10 Å². The van der Waals surface area contributed by atoms with Gasteiger partial charge in [-0.15, -0.1) is 22.6 Å². The fourth-order valence-corrected chi connectivity index (χ4v) is 4.30. The van der Waals surface area contributed by atoms with E-state index < -0.39 is 0 Å². The van der Waals surface area contributed by atoms with Gasteiger partial charge < -0.3 is 14.8 Å². The van der Waals surface area contributed by atoms with Crippen LogP contribution in [0.2, 0.25) is 0 Å². The van der Waals surface area contributed by atoms with Crippen molar-refractivity contribution < 1.29 is 4.79 Å². The molecule has 2 N–H and O–H groups in total. The minimum atomic E-state index is 0. The van der Waals surface area contributed by atoms with Gasteiger partial charge in [0.25, 0.3) is 5.91 Å². The summed E-state index contributed by atoms with van der Waals surface area (Å²) >= 11 is 0. The summed E-state index contributed by atoms with van der Waals surface area (Å²) < 4.78 is 2.26. The summed E-state index contributed by atoms with van der Waals surface area (Å²) in [5.74, 6) is 2.57. The lowest BCUT2D eigenvalue weighted by atomic mass is 9.95. The standard InChI is InChI=1S/C19H23N7O.ClH/c1-12-8-14-10-21-23-17(14)15(9-12)19(27)25-5-2-13(3-6-25)18-24-22-16-11-20-4-7-26(16)18;/h8-10,13,20H,2-7,11H2,1H3,(H,21,23);1H. The Hall–Kier alpha value is -2.45. The van der Waals surface area contributed by atoms with Crippen LogP contribution < -0.4 is 5.32 Å². The Bertz CT molecular complexity index is 1000. The molecule has 8 nitrogen and oxygen atoms in total. The van der Waals surface area contributed by atoms with Crippen LogP contribution in [0.4, 0.5) is 0 Å². The topological polar surface area (TPSA) is 91.7 Å². The number of carbonyl (C=O) groups is 1. The van der Waals surface area contributed by atoms with Gasteiger partial charge >= 0.3 is 0 Å². The maximum absolute atomic E-state index is 13.1. The second-order valence-electron chi connectivity index (χ2n) is 7.52. The van der Waals surface area contributed by atoms with E-state index in [4.69, 9.17) is 0 Å². The van der Waals surface area contributed by atoms with E-state index in [1.807, 2.05) is 24.0 Å². The average Bonchev–Trinajstić information content (AvgIpc) is 3.33. The van der Waals surface area contributed by atoms with Gasteiger partial charge in [0.1, 0.15) is 11.6 Å². The van der Waals surface area contributed by atoms with Gasteiger partial charge in [-0.3, -0.25) is 9.89 Å². The molecule has 148 valence electrons. The average molecular weight is 402 g/mol. The Morgan fingerprint density at radius 1 is 1.18 bits per heavy atom. The Morgan fingerprint density at radius 2 is 2.00 bits per heavy atom. The van der Waals surface area contributed by atoms with Crippen molar-refractivity contribution in [3.8, 4) is 0 Å². The van der Waals surface area contributed by atoms with Gasteiger partial charge in [0.2, 0.25) is 0 Å². The van der Waals surface area contributed by atoms with Crippen molar-refractivity contribution in [1.82, 2.24) is 35.2 Å². The van der Waals surface area contributed by atoms with Crippen LogP contribution in [0.5, 0.6) is 0 Å². The van der Waals surface area contributed by atoms with Crippen LogP contribution in [0.1, 0.15) is 46.3 Å². The second kappa shape index (κ2) is 7.52. The van der Waals surface area contributed by atoms with Crippen LogP contribution in [0, 0.1) is 6.92 Å². The molecule has 5 rings (SSSR count). The number of aromatic amines is 1. The lowest BCUT2D eigenvalue weighted by Crippen LogP contribution is -2.39. The number of hydrogen-bond acceptors (Lipinski definition) is 5. The molecule has 0 aliphatic carbocycles. The van der Waals surface area contributed by atoms with Gasteiger partial charge in [0.15, 0.2) is 0 Å². The van der Waals surface area contributed by atoms with E-state index in [0.717, 1.165) is 73.7 Å². The molecule has 2 aliphatic heterocycles. The minimum Gasteiger partial charge on any atom is -0.339 e. The summed E-state index contributed by atoms with van der Waals surface area (Å²) in [6, 6.07) is 4.00. The number of aryl methyl sites for hydroxylation is 1. The number of nitrogens with one attached hydrogen (secondary N) is 2. The van der Waals surface area contributed by atoms with Gasteiger partial charge in [-0.05, 0) is 37.5 Å². The molecule has 0 unspecified atom stereocenters. The first kappa shape index (κ1) is 18.9. The Morgan fingerprint density at radius 3 is 2.82 bits per heavy atom. The van der Waals surface area contributed by atoms with Crippen molar-refractivity contribution in [2.75, 3.05) is 19.6 Å². The van der Waals surface area contributed by atoms with Crippen LogP contribution in [-0.4, -0.2) is 55.4 Å². The van der Waals surface area contributed by atoms with E-state index in [-0.39, 0.29) is 18.3 Å². The van der Waals surface area contributed by atoms with E-state index in [0.29, 0.717) is 11.5 Å². The third-order valence-corrected chi connectivity index (χ3v) is 5.72. The fraction of sp³-hybridized carbons (Fsp3) is 0.474. The van der Waals surface area contributed by atoms with Crippen LogP contribution in [0.25, 0.3) is 10.9 Å². The van der Waals surface area contributed by atoms with E-state index in [2.05, 4.69) is 30.3 Å². The van der Waals surface area contributed by atoms with E-state index in [1.54, 1.807) is 6.20 Å². The zero-order chi connectivity index (χ0) is 18.4. The molecule has 9 heteroatoms. The smallest absolute Gasteiger partial charge is 0.256 e. The number of benzene rings is 1. The fourth-order valence-electron chi connectivity index (χ4n) is 4.30. The predicted molar refractivity (Wildman–Crippen MR) is 108 cm³/mol. The molecule has 0 saturated carbocycles. The first-order valence-electron chi connectivity index (χ1n) is 9.56. The quantitative estimate of drug-likeness (QED) is 0.685. The molecule has 2 aliphatic rings. The van der Waals surface area contributed by atoms with Crippen LogP contribution >= 0.6 is 12.4 Å². The van der Waals surface area contributed by atoms with E-state index >= 15 is 0 Å². The Balaban J connectivity index is 0.00000192. The monoisotopic (exact) mass is 401 g/mol. The number of halogens is 1. The first-order valence-corrected chi connectivity index (χ1v) is 9.56. The first-order chi connectivity index (χ1) is 13.2. The summed E-state index contributed by atoms with van der Waals surface area (Å²) in [5.41, 5.74) is 2.62. The largest absolute Gasteiger partial charge is 0.339 e. The number of H-pyrrole nitrogens is 1. The second-order valence-corrected chi connectivity index (χ2v) is 7.52. The molecule has 0 atom stereocenters. The third kappa shape index (κ3) is 3.16.